The largest absolute Gasteiger partial charge is 0.396 e. The Morgan fingerprint density at radius 3 is 2.69 bits per heavy atom. The Balaban J connectivity index is 2.53. The van der Waals surface area contributed by atoms with E-state index in [1.807, 2.05) is 32.0 Å². The van der Waals surface area contributed by atoms with Crippen molar-refractivity contribution in [2.75, 3.05) is 13.2 Å². The van der Waals surface area contributed by atoms with Crippen LogP contribution < -0.4 is 5.32 Å². The third-order valence-corrected chi connectivity index (χ3v) is 2.50. The number of carbonyl (C=O) groups excluding carboxylic acids is 1. The average Bonchev–Trinajstić information content (AvgIpc) is 2.24. The molecule has 0 spiro atoms. The van der Waals surface area contributed by atoms with Crippen LogP contribution in [0.2, 0.25) is 0 Å². The molecule has 0 heterocycles. The summed E-state index contributed by atoms with van der Waals surface area (Å²) in [5, 5.41) is 11.5. The molecule has 0 atom stereocenters. The number of amides is 1. The minimum absolute atomic E-state index is 0.0320. The molecule has 0 radical (unpaired) electrons. The fraction of sp³-hybridized carbons (Fsp3) is 0.462. The first-order valence-electron chi connectivity index (χ1n) is 5.61. The summed E-state index contributed by atoms with van der Waals surface area (Å²) in [5.74, 6) is -0.0320. The number of rotatable bonds is 5. The molecule has 0 aliphatic heterocycles. The lowest BCUT2D eigenvalue weighted by molar-refractivity contribution is 0.0951. The smallest absolute Gasteiger partial charge is 0.251 e. The molecule has 16 heavy (non-hydrogen) atoms. The molecule has 0 aliphatic rings. The molecule has 0 aliphatic carbocycles. The number of aliphatic hydroxyl groups is 1. The van der Waals surface area contributed by atoms with Gasteiger partial charge < -0.3 is 10.4 Å². The summed E-state index contributed by atoms with van der Waals surface area (Å²) in [7, 11) is 0. The Morgan fingerprint density at radius 1 is 1.31 bits per heavy atom. The van der Waals surface area contributed by atoms with E-state index in [2.05, 4.69) is 5.32 Å². The van der Waals surface area contributed by atoms with Crippen molar-refractivity contribution < 1.29 is 9.90 Å². The van der Waals surface area contributed by atoms with Gasteiger partial charge in [0.25, 0.3) is 5.91 Å². The van der Waals surface area contributed by atoms with Crippen LogP contribution in [0.5, 0.6) is 0 Å². The van der Waals surface area contributed by atoms with E-state index in [0.717, 1.165) is 29.5 Å². The highest BCUT2D eigenvalue weighted by molar-refractivity contribution is 5.95. The van der Waals surface area contributed by atoms with Crippen molar-refractivity contribution >= 4 is 5.91 Å². The second-order valence-electron chi connectivity index (χ2n) is 4.00. The first kappa shape index (κ1) is 12.7. The van der Waals surface area contributed by atoms with Crippen LogP contribution in [-0.2, 0) is 0 Å². The summed E-state index contributed by atoms with van der Waals surface area (Å²) >= 11 is 0. The maximum absolute atomic E-state index is 11.8. The van der Waals surface area contributed by atoms with Crippen molar-refractivity contribution in [3.63, 3.8) is 0 Å². The molecule has 3 nitrogen and oxygen atoms in total. The van der Waals surface area contributed by atoms with Gasteiger partial charge in [-0.25, -0.2) is 0 Å². The van der Waals surface area contributed by atoms with E-state index >= 15 is 0 Å². The molecule has 88 valence electrons. The van der Waals surface area contributed by atoms with E-state index in [9.17, 15) is 4.79 Å². The molecule has 3 heteroatoms. The second kappa shape index (κ2) is 6.28. The molecule has 0 unspecified atom stereocenters. The minimum Gasteiger partial charge on any atom is -0.396 e. The van der Waals surface area contributed by atoms with Crippen LogP contribution in [0.3, 0.4) is 0 Å². The second-order valence-corrected chi connectivity index (χ2v) is 4.00. The van der Waals surface area contributed by atoms with Gasteiger partial charge in [0, 0.05) is 18.7 Å². The van der Waals surface area contributed by atoms with Crippen LogP contribution in [0.15, 0.2) is 18.2 Å². The molecule has 0 aromatic heterocycles. The van der Waals surface area contributed by atoms with Crippen LogP contribution in [-0.4, -0.2) is 24.2 Å². The maximum Gasteiger partial charge on any atom is 0.251 e. The molecular formula is C13H19NO2. The Morgan fingerprint density at radius 2 is 2.06 bits per heavy atom. The van der Waals surface area contributed by atoms with Crippen molar-refractivity contribution in [3.8, 4) is 0 Å². The predicted molar refractivity (Wildman–Crippen MR) is 64.6 cm³/mol. The van der Waals surface area contributed by atoms with Crippen LogP contribution in [0.4, 0.5) is 0 Å². The SMILES string of the molecule is Cc1ccc(C(=O)NCCCCO)c(C)c1. The van der Waals surface area contributed by atoms with Gasteiger partial charge in [0.2, 0.25) is 0 Å². The summed E-state index contributed by atoms with van der Waals surface area (Å²) in [6.45, 7) is 4.75. The number of aliphatic hydroxyl groups excluding tert-OH is 1. The number of carbonyl (C=O) groups is 1. The molecule has 1 rings (SSSR count). The summed E-state index contributed by atoms with van der Waals surface area (Å²) in [5.41, 5.74) is 2.89. The Hall–Kier alpha value is -1.35. The van der Waals surface area contributed by atoms with E-state index in [1.54, 1.807) is 0 Å². The number of hydrogen-bond acceptors (Lipinski definition) is 2. The lowest BCUT2D eigenvalue weighted by Crippen LogP contribution is -2.25. The average molecular weight is 221 g/mol. The quantitative estimate of drug-likeness (QED) is 0.745. The third kappa shape index (κ3) is 3.66. The van der Waals surface area contributed by atoms with Crippen molar-refractivity contribution in [3.05, 3.63) is 34.9 Å². The molecule has 2 N–H and O–H groups in total. The van der Waals surface area contributed by atoms with E-state index in [1.165, 1.54) is 0 Å². The minimum atomic E-state index is -0.0320. The lowest BCUT2D eigenvalue weighted by Gasteiger charge is -2.07. The molecule has 1 aromatic rings. The van der Waals surface area contributed by atoms with Gasteiger partial charge in [-0.2, -0.15) is 0 Å². The summed E-state index contributed by atoms with van der Waals surface area (Å²) in [6, 6.07) is 5.80. The molecule has 0 fully saturated rings. The monoisotopic (exact) mass is 221 g/mol. The first-order valence-corrected chi connectivity index (χ1v) is 5.61. The highest BCUT2D eigenvalue weighted by Crippen LogP contribution is 2.10. The highest BCUT2D eigenvalue weighted by atomic mass is 16.2. The van der Waals surface area contributed by atoms with Gasteiger partial charge in [0.15, 0.2) is 0 Å². The summed E-state index contributed by atoms with van der Waals surface area (Å²) < 4.78 is 0. The topological polar surface area (TPSA) is 49.3 Å². The third-order valence-electron chi connectivity index (χ3n) is 2.50. The van der Waals surface area contributed by atoms with Crippen LogP contribution in [0.1, 0.15) is 34.3 Å². The van der Waals surface area contributed by atoms with Crippen molar-refractivity contribution in [2.45, 2.75) is 26.7 Å². The standard InChI is InChI=1S/C13H19NO2/c1-10-5-6-12(11(2)9-10)13(16)14-7-3-4-8-15/h5-6,9,15H,3-4,7-8H2,1-2H3,(H,14,16). The Labute approximate surface area is 96.5 Å². The van der Waals surface area contributed by atoms with Gasteiger partial charge in [0.1, 0.15) is 0 Å². The summed E-state index contributed by atoms with van der Waals surface area (Å²) in [4.78, 5) is 11.8. The number of nitrogens with one attached hydrogen (secondary N) is 1. The molecule has 0 bridgehead atoms. The summed E-state index contributed by atoms with van der Waals surface area (Å²) in [6.07, 6.45) is 1.54. The van der Waals surface area contributed by atoms with Gasteiger partial charge >= 0.3 is 0 Å². The van der Waals surface area contributed by atoms with E-state index in [0.29, 0.717) is 6.54 Å². The zero-order valence-corrected chi connectivity index (χ0v) is 9.92. The van der Waals surface area contributed by atoms with Gasteiger partial charge in [-0.1, -0.05) is 17.7 Å². The number of unbranched alkanes of at least 4 members (excludes halogenated alkanes) is 1. The van der Waals surface area contributed by atoms with Crippen molar-refractivity contribution in [1.82, 2.24) is 5.32 Å². The zero-order chi connectivity index (χ0) is 12.0. The first-order chi connectivity index (χ1) is 7.65. The number of benzene rings is 1. The van der Waals surface area contributed by atoms with E-state index in [-0.39, 0.29) is 12.5 Å². The zero-order valence-electron chi connectivity index (χ0n) is 9.92. The van der Waals surface area contributed by atoms with Crippen molar-refractivity contribution in [2.24, 2.45) is 0 Å². The Kier molecular flexibility index (Phi) is 4.99. The number of aryl methyl sites for hydroxylation is 2. The van der Waals surface area contributed by atoms with Gasteiger partial charge in [-0.15, -0.1) is 0 Å². The normalized spacial score (nSPS) is 10.2. The lowest BCUT2D eigenvalue weighted by atomic mass is 10.1. The van der Waals surface area contributed by atoms with Crippen molar-refractivity contribution in [1.29, 1.82) is 0 Å². The fourth-order valence-corrected chi connectivity index (χ4v) is 1.60. The van der Waals surface area contributed by atoms with E-state index < -0.39 is 0 Å². The van der Waals surface area contributed by atoms with Gasteiger partial charge in [0.05, 0.1) is 0 Å². The Bertz CT molecular complexity index is 361. The fourth-order valence-electron chi connectivity index (χ4n) is 1.60. The molecule has 1 aromatic carbocycles. The highest BCUT2D eigenvalue weighted by Gasteiger charge is 2.07. The molecule has 0 saturated heterocycles. The van der Waals surface area contributed by atoms with Crippen LogP contribution in [0, 0.1) is 13.8 Å². The van der Waals surface area contributed by atoms with Gasteiger partial charge in [-0.3, -0.25) is 4.79 Å². The molecule has 1 amide bonds. The predicted octanol–water partition coefficient (Wildman–Crippen LogP) is 1.81. The van der Waals surface area contributed by atoms with Crippen LogP contribution in [0.25, 0.3) is 0 Å². The molecular weight excluding hydrogens is 202 g/mol. The molecule has 0 saturated carbocycles. The van der Waals surface area contributed by atoms with Gasteiger partial charge in [-0.05, 0) is 38.3 Å². The maximum atomic E-state index is 11.8. The van der Waals surface area contributed by atoms with E-state index in [4.69, 9.17) is 5.11 Å². The number of hydrogen-bond donors (Lipinski definition) is 2. The van der Waals surface area contributed by atoms with Crippen LogP contribution >= 0.6 is 0 Å².